The van der Waals surface area contributed by atoms with Crippen LogP contribution in [0.5, 0.6) is 0 Å². The average molecular weight is 424 g/mol. The second-order valence-corrected chi connectivity index (χ2v) is 7.50. The number of pyridine rings is 1. The van der Waals surface area contributed by atoms with Crippen LogP contribution in [0.15, 0.2) is 57.7 Å². The van der Waals surface area contributed by atoms with Crippen LogP contribution >= 0.6 is 0 Å². The van der Waals surface area contributed by atoms with Crippen LogP contribution in [0.3, 0.4) is 0 Å². The molecule has 0 saturated carbocycles. The molecule has 0 aliphatic carbocycles. The lowest BCUT2D eigenvalue weighted by Crippen LogP contribution is -2.37. The van der Waals surface area contributed by atoms with E-state index in [1.54, 1.807) is 39.2 Å². The molecule has 164 valence electrons. The maximum atomic E-state index is 13.1. The number of nitrogens with one attached hydrogen (secondary N) is 1. The van der Waals surface area contributed by atoms with Crippen LogP contribution in [0.1, 0.15) is 33.3 Å². The number of hydrogen-bond acceptors (Lipinski definition) is 6. The number of benzene rings is 1. The fourth-order valence-electron chi connectivity index (χ4n) is 4.11. The Kier molecular flexibility index (Phi) is 6.63. The largest absolute Gasteiger partial charge is 0.463 e. The predicted octanol–water partition coefficient (Wildman–Crippen LogP) is 3.20. The molecule has 3 rings (SSSR count). The fourth-order valence-corrected chi connectivity index (χ4v) is 4.11. The van der Waals surface area contributed by atoms with Crippen LogP contribution in [0.25, 0.3) is 10.9 Å². The molecular weight excluding hydrogens is 396 g/mol. The molecule has 0 amide bonds. The molecule has 2 aromatic rings. The van der Waals surface area contributed by atoms with Crippen molar-refractivity contribution < 1.29 is 19.1 Å². The minimum absolute atomic E-state index is 0.111. The summed E-state index contributed by atoms with van der Waals surface area (Å²) in [7, 11) is 0. The Morgan fingerprint density at radius 2 is 1.52 bits per heavy atom. The summed E-state index contributed by atoms with van der Waals surface area (Å²) in [6.45, 7) is 9.26. The first kappa shape index (κ1) is 22.3. The summed E-state index contributed by atoms with van der Waals surface area (Å²) in [4.78, 5) is 38.9. The van der Waals surface area contributed by atoms with Crippen LogP contribution in [0.2, 0.25) is 0 Å². The van der Waals surface area contributed by atoms with Crippen LogP contribution in [0, 0.1) is 12.8 Å². The minimum Gasteiger partial charge on any atom is -0.463 e. The van der Waals surface area contributed by atoms with Crippen molar-refractivity contribution in [3.63, 3.8) is 0 Å². The van der Waals surface area contributed by atoms with Gasteiger partial charge in [-0.25, -0.2) is 9.59 Å². The van der Waals surface area contributed by atoms with Gasteiger partial charge in [-0.15, -0.1) is 0 Å². The van der Waals surface area contributed by atoms with E-state index < -0.39 is 17.9 Å². The lowest BCUT2D eigenvalue weighted by Gasteiger charge is -2.31. The molecule has 1 aromatic heterocycles. The van der Waals surface area contributed by atoms with Crippen molar-refractivity contribution in [3.8, 4) is 0 Å². The van der Waals surface area contributed by atoms with Crippen molar-refractivity contribution in [1.82, 2.24) is 9.88 Å². The number of carbonyl (C=O) groups excluding carboxylic acids is 2. The number of dihydropyridines is 1. The van der Waals surface area contributed by atoms with E-state index in [1.807, 2.05) is 30.3 Å². The van der Waals surface area contributed by atoms with Crippen molar-refractivity contribution in [2.75, 3.05) is 13.2 Å². The van der Waals surface area contributed by atoms with Gasteiger partial charge in [0, 0.05) is 29.4 Å². The summed E-state index contributed by atoms with van der Waals surface area (Å²) in [5.41, 5.74) is 3.00. The smallest absolute Gasteiger partial charge is 0.336 e. The number of nitrogens with zero attached hydrogens (tertiary/aromatic N) is 1. The first-order chi connectivity index (χ1) is 14.8. The van der Waals surface area contributed by atoms with Crippen LogP contribution in [0.4, 0.5) is 0 Å². The van der Waals surface area contributed by atoms with Gasteiger partial charge in [-0.05, 0) is 52.1 Å². The third-order valence-electron chi connectivity index (χ3n) is 5.42. The zero-order valence-corrected chi connectivity index (χ0v) is 18.6. The van der Waals surface area contributed by atoms with Gasteiger partial charge >= 0.3 is 11.9 Å². The minimum atomic E-state index is -0.692. The van der Waals surface area contributed by atoms with E-state index in [-0.39, 0.29) is 25.3 Å². The van der Waals surface area contributed by atoms with Gasteiger partial charge < -0.3 is 19.4 Å². The summed E-state index contributed by atoms with van der Waals surface area (Å²) in [5, 5.41) is 4.01. The highest BCUT2D eigenvalue weighted by atomic mass is 16.5. The molecule has 31 heavy (non-hydrogen) atoms. The molecule has 1 aliphatic rings. The number of aromatic nitrogens is 1. The quantitative estimate of drug-likeness (QED) is 0.717. The van der Waals surface area contributed by atoms with Crippen LogP contribution in [-0.2, 0) is 25.6 Å². The number of hydrogen-bond donors (Lipinski definition) is 1. The number of para-hydroxylation sites is 1. The molecule has 0 radical (unpaired) electrons. The predicted molar refractivity (Wildman–Crippen MR) is 118 cm³/mol. The van der Waals surface area contributed by atoms with Gasteiger partial charge in [0.05, 0.1) is 29.9 Å². The second-order valence-electron chi connectivity index (χ2n) is 7.50. The van der Waals surface area contributed by atoms with Gasteiger partial charge in [-0.3, -0.25) is 4.79 Å². The van der Waals surface area contributed by atoms with E-state index >= 15 is 0 Å². The van der Waals surface area contributed by atoms with E-state index in [9.17, 15) is 14.4 Å². The van der Waals surface area contributed by atoms with Gasteiger partial charge in [0.2, 0.25) is 0 Å². The Morgan fingerprint density at radius 3 is 2.06 bits per heavy atom. The molecule has 1 aromatic carbocycles. The van der Waals surface area contributed by atoms with Crippen molar-refractivity contribution in [2.45, 2.75) is 41.2 Å². The van der Waals surface area contributed by atoms with E-state index in [2.05, 4.69) is 5.32 Å². The van der Waals surface area contributed by atoms with E-state index in [0.29, 0.717) is 28.1 Å². The standard InChI is InChI=1S/C24H28N2O5/c1-6-30-23(28)20-15(4)25-16(5)21(24(29)31-7-2)18(20)13-26-19-11-9-8-10-17(19)12-14(3)22(26)27/h8-12,18,25H,6-7,13H2,1-5H3. The summed E-state index contributed by atoms with van der Waals surface area (Å²) < 4.78 is 12.2. The van der Waals surface area contributed by atoms with Gasteiger partial charge in [0.15, 0.2) is 0 Å². The average Bonchev–Trinajstić information content (AvgIpc) is 2.71. The molecule has 2 heterocycles. The highest BCUT2D eigenvalue weighted by Crippen LogP contribution is 2.33. The fraction of sp³-hybridized carbons (Fsp3) is 0.375. The summed E-state index contributed by atoms with van der Waals surface area (Å²) in [6.07, 6.45) is 0. The van der Waals surface area contributed by atoms with Crippen molar-refractivity contribution in [2.24, 2.45) is 5.92 Å². The maximum Gasteiger partial charge on any atom is 0.336 e. The highest BCUT2D eigenvalue weighted by Gasteiger charge is 2.37. The second kappa shape index (κ2) is 9.20. The number of esters is 2. The highest BCUT2D eigenvalue weighted by molar-refractivity contribution is 5.97. The van der Waals surface area contributed by atoms with Crippen molar-refractivity contribution >= 4 is 22.8 Å². The number of allylic oxidation sites excluding steroid dienone is 2. The van der Waals surface area contributed by atoms with Gasteiger partial charge in [-0.1, -0.05) is 18.2 Å². The van der Waals surface area contributed by atoms with Gasteiger partial charge in [0.1, 0.15) is 0 Å². The molecule has 1 aliphatic heterocycles. The molecule has 0 fully saturated rings. The monoisotopic (exact) mass is 424 g/mol. The molecule has 0 spiro atoms. The Bertz CT molecular complexity index is 1120. The Hall–Kier alpha value is -3.35. The normalized spacial score (nSPS) is 14.6. The molecule has 0 saturated heterocycles. The third-order valence-corrected chi connectivity index (χ3v) is 5.42. The number of ether oxygens (including phenoxy) is 2. The first-order valence-electron chi connectivity index (χ1n) is 10.4. The Morgan fingerprint density at radius 1 is 0.968 bits per heavy atom. The molecule has 7 heteroatoms. The summed E-state index contributed by atoms with van der Waals surface area (Å²) in [6, 6.07) is 9.40. The summed E-state index contributed by atoms with van der Waals surface area (Å²) >= 11 is 0. The number of fused-ring (bicyclic) bond motifs is 1. The third kappa shape index (κ3) is 4.26. The lowest BCUT2D eigenvalue weighted by atomic mass is 9.85. The summed E-state index contributed by atoms with van der Waals surface area (Å²) in [5.74, 6) is -1.73. The molecule has 1 N–H and O–H groups in total. The van der Waals surface area contributed by atoms with Gasteiger partial charge in [-0.2, -0.15) is 0 Å². The number of aryl methyl sites for hydroxylation is 1. The van der Waals surface area contributed by atoms with Crippen molar-refractivity contribution in [3.05, 3.63) is 68.8 Å². The molecule has 0 bridgehead atoms. The molecular formula is C24H28N2O5. The Balaban J connectivity index is 2.22. The van der Waals surface area contributed by atoms with Gasteiger partial charge in [0.25, 0.3) is 5.56 Å². The number of carbonyl (C=O) groups is 2. The zero-order chi connectivity index (χ0) is 22.7. The van der Waals surface area contributed by atoms with Crippen molar-refractivity contribution in [1.29, 1.82) is 0 Å². The topological polar surface area (TPSA) is 86.6 Å². The SMILES string of the molecule is CCOC(=O)C1=C(C)NC(C)=C(C(=O)OCC)C1Cn1c(=O)c(C)cc2ccccc21. The molecule has 7 nitrogen and oxygen atoms in total. The Labute approximate surface area is 181 Å². The van der Waals surface area contributed by atoms with E-state index in [0.717, 1.165) is 10.9 Å². The van der Waals surface area contributed by atoms with Crippen LogP contribution in [-0.4, -0.2) is 29.7 Å². The maximum absolute atomic E-state index is 13.1. The van der Waals surface area contributed by atoms with E-state index in [4.69, 9.17) is 9.47 Å². The lowest BCUT2D eigenvalue weighted by molar-refractivity contribution is -0.140. The molecule has 0 unspecified atom stereocenters. The molecule has 0 atom stereocenters. The number of rotatable bonds is 6. The van der Waals surface area contributed by atoms with E-state index in [1.165, 1.54) is 0 Å². The first-order valence-corrected chi connectivity index (χ1v) is 10.4. The van der Waals surface area contributed by atoms with Crippen LogP contribution < -0.4 is 10.9 Å². The zero-order valence-electron chi connectivity index (χ0n) is 18.6.